The van der Waals surface area contributed by atoms with Crippen LogP contribution in [0.15, 0.2) is 16.5 Å². The van der Waals surface area contributed by atoms with Crippen molar-refractivity contribution in [3.05, 3.63) is 34.4 Å². The first-order chi connectivity index (χ1) is 10.8. The van der Waals surface area contributed by atoms with Crippen LogP contribution in [-0.4, -0.2) is 35.6 Å². The Labute approximate surface area is 137 Å². The van der Waals surface area contributed by atoms with Gasteiger partial charge in [-0.1, -0.05) is 11.6 Å². The van der Waals surface area contributed by atoms with Crippen LogP contribution in [0.3, 0.4) is 0 Å². The van der Waals surface area contributed by atoms with Crippen molar-refractivity contribution < 1.29 is 9.15 Å². The summed E-state index contributed by atoms with van der Waals surface area (Å²) >= 11 is 7.01. The highest BCUT2D eigenvalue weighted by Gasteiger charge is 2.14. The van der Waals surface area contributed by atoms with Gasteiger partial charge in [-0.15, -0.1) is 0 Å². The van der Waals surface area contributed by atoms with E-state index in [2.05, 4.69) is 14.6 Å². The van der Waals surface area contributed by atoms with Crippen molar-refractivity contribution in [1.82, 2.24) is 9.27 Å². The molecule has 0 aliphatic carbocycles. The fraction of sp³-hybridized carbons (Fsp3) is 0.429. The summed E-state index contributed by atoms with van der Waals surface area (Å²) in [5.74, 6) is 1.75. The summed E-state index contributed by atoms with van der Waals surface area (Å²) in [5.41, 5.74) is 0.381. The maximum Gasteiger partial charge on any atom is 0.162 e. The minimum Gasteiger partial charge on any atom is -0.463 e. The average Bonchev–Trinajstić information content (AvgIpc) is 3.12. The topological polar surface area (TPSA) is 74.3 Å². The summed E-state index contributed by atoms with van der Waals surface area (Å²) in [6.45, 7) is 4.70. The van der Waals surface area contributed by atoms with E-state index >= 15 is 0 Å². The average molecular weight is 339 g/mol. The van der Waals surface area contributed by atoms with Crippen LogP contribution in [0.5, 0.6) is 0 Å². The molecule has 22 heavy (non-hydrogen) atoms. The van der Waals surface area contributed by atoms with Crippen molar-refractivity contribution in [2.75, 3.05) is 31.6 Å². The number of hydrogen-bond donors (Lipinski definition) is 1. The minimum absolute atomic E-state index is 0.238. The number of hydrogen-bond acceptors (Lipinski definition) is 7. The number of rotatable bonds is 5. The molecule has 0 aromatic carbocycles. The first-order valence-corrected chi connectivity index (χ1v) is 8.08. The predicted molar refractivity (Wildman–Crippen MR) is 84.0 cm³/mol. The quantitative estimate of drug-likeness (QED) is 0.903. The second-order valence-corrected chi connectivity index (χ2v) is 6.03. The summed E-state index contributed by atoms with van der Waals surface area (Å²) in [6, 6.07) is 5.97. The molecule has 3 rings (SSSR count). The number of ether oxygens (including phenoxy) is 1. The second-order valence-electron chi connectivity index (χ2n) is 4.90. The molecule has 1 N–H and O–H groups in total. The van der Waals surface area contributed by atoms with Crippen molar-refractivity contribution in [3.8, 4) is 6.07 Å². The van der Waals surface area contributed by atoms with Gasteiger partial charge in [0.05, 0.1) is 26.3 Å². The molecule has 0 atom stereocenters. The van der Waals surface area contributed by atoms with Crippen molar-refractivity contribution in [2.24, 2.45) is 0 Å². The van der Waals surface area contributed by atoms with E-state index in [0.717, 1.165) is 44.4 Å². The number of nitrogens with zero attached hydrogens (tertiary/aromatic N) is 3. The van der Waals surface area contributed by atoms with Gasteiger partial charge in [-0.25, -0.2) is 0 Å². The molecule has 0 radical (unpaired) electrons. The lowest BCUT2D eigenvalue weighted by molar-refractivity contribution is 0.0312. The van der Waals surface area contributed by atoms with Gasteiger partial charge in [0, 0.05) is 13.1 Å². The van der Waals surface area contributed by atoms with Gasteiger partial charge < -0.3 is 14.5 Å². The molecule has 0 unspecified atom stereocenters. The van der Waals surface area contributed by atoms with Crippen LogP contribution in [0, 0.1) is 11.3 Å². The molecule has 1 fully saturated rings. The first-order valence-electron chi connectivity index (χ1n) is 6.93. The summed E-state index contributed by atoms with van der Waals surface area (Å²) < 4.78 is 15.1. The zero-order chi connectivity index (χ0) is 15.4. The van der Waals surface area contributed by atoms with Crippen molar-refractivity contribution in [1.29, 1.82) is 5.26 Å². The Kier molecular flexibility index (Phi) is 4.95. The minimum atomic E-state index is 0.238. The molecule has 2 aromatic heterocycles. The van der Waals surface area contributed by atoms with Crippen LogP contribution in [0.25, 0.3) is 0 Å². The lowest BCUT2D eigenvalue weighted by atomic mass is 10.3. The molecule has 3 heterocycles. The molecule has 1 saturated heterocycles. The SMILES string of the molecule is N#Cc1c(Cl)nsc1NCc1ccc(CN2CCOCC2)o1. The Morgan fingerprint density at radius 3 is 2.91 bits per heavy atom. The van der Waals surface area contributed by atoms with E-state index in [9.17, 15) is 0 Å². The van der Waals surface area contributed by atoms with Gasteiger partial charge in [0.15, 0.2) is 5.15 Å². The number of nitriles is 1. The first kappa shape index (κ1) is 15.3. The van der Waals surface area contributed by atoms with Crippen molar-refractivity contribution in [2.45, 2.75) is 13.1 Å². The molecule has 116 valence electrons. The number of morpholine rings is 1. The second kappa shape index (κ2) is 7.11. The number of anilines is 1. The fourth-order valence-electron chi connectivity index (χ4n) is 2.24. The molecular weight excluding hydrogens is 324 g/mol. The molecule has 1 aliphatic rings. The lowest BCUT2D eigenvalue weighted by Gasteiger charge is -2.25. The van der Waals surface area contributed by atoms with E-state index in [0.29, 0.717) is 17.1 Å². The summed E-state index contributed by atoms with van der Waals surface area (Å²) in [6.07, 6.45) is 0. The zero-order valence-corrected chi connectivity index (χ0v) is 13.4. The van der Waals surface area contributed by atoms with Crippen LogP contribution in [-0.2, 0) is 17.8 Å². The molecule has 8 heteroatoms. The fourth-order valence-corrected chi connectivity index (χ4v) is 3.17. The van der Waals surface area contributed by atoms with E-state index in [1.165, 1.54) is 11.5 Å². The molecule has 0 amide bonds. The van der Waals surface area contributed by atoms with Gasteiger partial charge >= 0.3 is 0 Å². The van der Waals surface area contributed by atoms with Gasteiger partial charge in [0.25, 0.3) is 0 Å². The van der Waals surface area contributed by atoms with Gasteiger partial charge in [0.2, 0.25) is 0 Å². The number of furan rings is 1. The van der Waals surface area contributed by atoms with E-state index in [4.69, 9.17) is 26.0 Å². The predicted octanol–water partition coefficient (Wildman–Crippen LogP) is 2.71. The molecule has 6 nitrogen and oxygen atoms in total. The van der Waals surface area contributed by atoms with Gasteiger partial charge in [-0.2, -0.15) is 9.64 Å². The van der Waals surface area contributed by atoms with Crippen molar-refractivity contribution >= 4 is 28.1 Å². The smallest absolute Gasteiger partial charge is 0.162 e. The van der Waals surface area contributed by atoms with Crippen LogP contribution < -0.4 is 5.32 Å². The highest BCUT2D eigenvalue weighted by Crippen LogP contribution is 2.28. The number of halogens is 1. The Morgan fingerprint density at radius 2 is 2.14 bits per heavy atom. The highest BCUT2D eigenvalue weighted by molar-refractivity contribution is 7.10. The summed E-state index contributed by atoms with van der Waals surface area (Å²) in [4.78, 5) is 2.30. The molecule has 0 spiro atoms. The monoisotopic (exact) mass is 338 g/mol. The van der Waals surface area contributed by atoms with E-state index in [1.807, 2.05) is 18.2 Å². The molecule has 0 bridgehead atoms. The maximum atomic E-state index is 9.02. The third kappa shape index (κ3) is 3.59. The largest absolute Gasteiger partial charge is 0.463 e. The number of aromatic nitrogens is 1. The third-order valence-corrected chi connectivity index (χ3v) is 4.56. The van der Waals surface area contributed by atoms with E-state index in [1.54, 1.807) is 0 Å². The maximum absolute atomic E-state index is 9.02. The van der Waals surface area contributed by atoms with Crippen LogP contribution in [0.4, 0.5) is 5.00 Å². The summed E-state index contributed by atoms with van der Waals surface area (Å²) in [7, 11) is 0. The van der Waals surface area contributed by atoms with Crippen molar-refractivity contribution in [3.63, 3.8) is 0 Å². The lowest BCUT2D eigenvalue weighted by Crippen LogP contribution is -2.35. The zero-order valence-electron chi connectivity index (χ0n) is 11.8. The Balaban J connectivity index is 1.56. The molecule has 1 aliphatic heterocycles. The molecular formula is C14H15ClN4O2S. The summed E-state index contributed by atoms with van der Waals surface area (Å²) in [5, 5.41) is 13.1. The normalized spacial score (nSPS) is 15.6. The highest BCUT2D eigenvalue weighted by atomic mass is 35.5. The third-order valence-electron chi connectivity index (χ3n) is 3.39. The van der Waals surface area contributed by atoms with E-state index < -0.39 is 0 Å². The Bertz CT molecular complexity index is 673. The van der Waals surface area contributed by atoms with Crippen LogP contribution in [0.2, 0.25) is 5.15 Å². The van der Waals surface area contributed by atoms with Gasteiger partial charge in [0.1, 0.15) is 28.2 Å². The van der Waals surface area contributed by atoms with Gasteiger partial charge in [-0.3, -0.25) is 4.90 Å². The molecule has 0 saturated carbocycles. The Hall–Kier alpha value is -1.59. The van der Waals surface area contributed by atoms with Crippen LogP contribution >= 0.6 is 23.1 Å². The van der Waals surface area contributed by atoms with E-state index in [-0.39, 0.29) is 5.15 Å². The Morgan fingerprint density at radius 1 is 1.36 bits per heavy atom. The van der Waals surface area contributed by atoms with Gasteiger partial charge in [-0.05, 0) is 23.7 Å². The molecule has 2 aromatic rings. The standard InChI is InChI=1S/C14H15ClN4O2S/c15-13-12(7-16)14(22-18-13)17-8-10-1-2-11(21-10)9-19-3-5-20-6-4-19/h1-2,17H,3-6,8-9H2. The number of nitrogens with one attached hydrogen (secondary N) is 1. The van der Waals surface area contributed by atoms with Crippen LogP contribution in [0.1, 0.15) is 17.1 Å².